The van der Waals surface area contributed by atoms with Crippen molar-refractivity contribution in [2.75, 3.05) is 11.9 Å². The number of carbonyl (C=O) groups is 3. The van der Waals surface area contributed by atoms with E-state index in [2.05, 4.69) is 19.2 Å². The van der Waals surface area contributed by atoms with E-state index in [1.54, 1.807) is 6.07 Å². The van der Waals surface area contributed by atoms with Gasteiger partial charge in [0.25, 0.3) is 11.8 Å². The number of carbonyl (C=O) groups excluding carboxylic acids is 3. The van der Waals surface area contributed by atoms with Crippen LogP contribution in [0.1, 0.15) is 52.5 Å². The molecular weight excluding hydrogens is 352 g/mol. The van der Waals surface area contributed by atoms with Gasteiger partial charge in [0.05, 0.1) is 11.1 Å². The maximum atomic E-state index is 12.3. The number of fused-ring (bicyclic) bond motifs is 1. The molecule has 0 saturated carbocycles. The fraction of sp³-hybridized carbons (Fsp3) is 0.250. The average Bonchev–Trinajstić information content (AvgIpc) is 2.84. The Morgan fingerprint density at radius 2 is 1.69 bits per heavy atom. The second-order valence-electron chi connectivity index (χ2n) is 6.53. The van der Waals surface area contributed by atoms with Crippen molar-refractivity contribution in [3.8, 4) is 0 Å². The van der Waals surface area contributed by atoms with Crippen LogP contribution in [-0.2, 0) is 4.79 Å². The van der Waals surface area contributed by atoms with Gasteiger partial charge in [0.15, 0.2) is 0 Å². The number of hydrogen-bond donors (Lipinski definition) is 1. The lowest BCUT2D eigenvalue weighted by Gasteiger charge is -2.14. The normalized spacial score (nSPS) is 13.3. The van der Waals surface area contributed by atoms with E-state index in [0.717, 1.165) is 4.90 Å². The second-order valence-corrected chi connectivity index (χ2v) is 6.96. The van der Waals surface area contributed by atoms with Gasteiger partial charge in [-0.2, -0.15) is 0 Å². The zero-order chi connectivity index (χ0) is 18.8. The molecule has 6 heteroatoms. The SMILES string of the molecule is CC(C)c1ccc(NC(=O)CCN2C(=O)c3ccc(Cl)cc3C2=O)cc1. The first-order valence-corrected chi connectivity index (χ1v) is 8.80. The highest BCUT2D eigenvalue weighted by atomic mass is 35.5. The molecule has 0 bridgehead atoms. The third-order valence-electron chi connectivity index (χ3n) is 4.36. The van der Waals surface area contributed by atoms with E-state index >= 15 is 0 Å². The van der Waals surface area contributed by atoms with Gasteiger partial charge in [-0.1, -0.05) is 37.6 Å². The molecule has 1 aliphatic rings. The lowest BCUT2D eigenvalue weighted by molar-refractivity contribution is -0.116. The third kappa shape index (κ3) is 3.63. The highest BCUT2D eigenvalue weighted by Gasteiger charge is 2.35. The van der Waals surface area contributed by atoms with Crippen LogP contribution in [0, 0.1) is 0 Å². The molecule has 3 amide bonds. The van der Waals surface area contributed by atoms with Gasteiger partial charge < -0.3 is 5.32 Å². The molecule has 0 fully saturated rings. The van der Waals surface area contributed by atoms with Crippen LogP contribution >= 0.6 is 11.6 Å². The van der Waals surface area contributed by atoms with Crippen molar-refractivity contribution in [3.63, 3.8) is 0 Å². The molecule has 0 aliphatic carbocycles. The summed E-state index contributed by atoms with van der Waals surface area (Å²) in [6.45, 7) is 4.23. The first kappa shape index (κ1) is 18.1. The van der Waals surface area contributed by atoms with Crippen molar-refractivity contribution in [1.29, 1.82) is 0 Å². The minimum atomic E-state index is -0.415. The smallest absolute Gasteiger partial charge is 0.261 e. The third-order valence-corrected chi connectivity index (χ3v) is 4.59. The largest absolute Gasteiger partial charge is 0.326 e. The summed E-state index contributed by atoms with van der Waals surface area (Å²) >= 11 is 5.89. The predicted octanol–water partition coefficient (Wildman–Crippen LogP) is 4.09. The van der Waals surface area contributed by atoms with Gasteiger partial charge in [0.2, 0.25) is 5.91 Å². The number of halogens is 1. The van der Waals surface area contributed by atoms with Gasteiger partial charge in [-0.3, -0.25) is 19.3 Å². The molecule has 0 aromatic heterocycles. The lowest BCUT2D eigenvalue weighted by atomic mass is 10.0. The van der Waals surface area contributed by atoms with Crippen molar-refractivity contribution in [2.45, 2.75) is 26.2 Å². The number of anilines is 1. The number of amides is 3. The summed E-state index contributed by atoms with van der Waals surface area (Å²) in [5, 5.41) is 3.18. The fourth-order valence-corrected chi connectivity index (χ4v) is 3.03. The average molecular weight is 371 g/mol. The molecule has 2 aromatic carbocycles. The molecule has 134 valence electrons. The van der Waals surface area contributed by atoms with Crippen molar-refractivity contribution in [2.24, 2.45) is 0 Å². The van der Waals surface area contributed by atoms with Crippen molar-refractivity contribution >= 4 is 35.0 Å². The van der Waals surface area contributed by atoms with E-state index in [0.29, 0.717) is 22.2 Å². The summed E-state index contributed by atoms with van der Waals surface area (Å²) in [5.41, 5.74) is 2.48. The van der Waals surface area contributed by atoms with Crippen LogP contribution in [-0.4, -0.2) is 29.2 Å². The standard InChI is InChI=1S/C20H19ClN2O3/c1-12(2)13-3-6-15(7-4-13)22-18(24)9-10-23-19(25)16-8-5-14(21)11-17(16)20(23)26/h3-8,11-12H,9-10H2,1-2H3,(H,22,24). The van der Waals surface area contributed by atoms with E-state index in [-0.39, 0.29) is 24.4 Å². The van der Waals surface area contributed by atoms with Crippen LogP contribution in [0.4, 0.5) is 5.69 Å². The number of imide groups is 1. The number of benzene rings is 2. The summed E-state index contributed by atoms with van der Waals surface area (Å²) in [4.78, 5) is 37.9. The summed E-state index contributed by atoms with van der Waals surface area (Å²) in [6, 6.07) is 12.2. The van der Waals surface area contributed by atoms with Crippen LogP contribution in [0.15, 0.2) is 42.5 Å². The van der Waals surface area contributed by atoms with Crippen molar-refractivity contribution < 1.29 is 14.4 Å². The van der Waals surface area contributed by atoms with Crippen LogP contribution in [0.2, 0.25) is 5.02 Å². The molecule has 2 aromatic rings. The van der Waals surface area contributed by atoms with E-state index in [1.165, 1.54) is 17.7 Å². The highest BCUT2D eigenvalue weighted by Crippen LogP contribution is 2.26. The van der Waals surface area contributed by atoms with E-state index in [1.807, 2.05) is 24.3 Å². The Labute approximate surface area is 156 Å². The van der Waals surface area contributed by atoms with Crippen molar-refractivity contribution in [3.05, 3.63) is 64.2 Å². The number of nitrogens with one attached hydrogen (secondary N) is 1. The minimum absolute atomic E-state index is 0.0277. The van der Waals surface area contributed by atoms with E-state index in [9.17, 15) is 14.4 Å². The molecule has 0 unspecified atom stereocenters. The minimum Gasteiger partial charge on any atom is -0.326 e. The van der Waals surface area contributed by atoms with Gasteiger partial charge in [-0.05, 0) is 41.8 Å². The molecule has 1 N–H and O–H groups in total. The molecule has 5 nitrogen and oxygen atoms in total. The zero-order valence-corrected chi connectivity index (χ0v) is 15.3. The molecule has 0 spiro atoms. The monoisotopic (exact) mass is 370 g/mol. The van der Waals surface area contributed by atoms with E-state index in [4.69, 9.17) is 11.6 Å². The maximum Gasteiger partial charge on any atom is 0.261 e. The van der Waals surface area contributed by atoms with Gasteiger partial charge in [0, 0.05) is 23.7 Å². The Bertz CT molecular complexity index is 875. The summed E-state index contributed by atoms with van der Waals surface area (Å²) in [7, 11) is 0. The highest BCUT2D eigenvalue weighted by molar-refractivity contribution is 6.32. The molecule has 3 rings (SSSR count). The van der Waals surface area contributed by atoms with Crippen LogP contribution in [0.3, 0.4) is 0 Å². The molecule has 1 heterocycles. The summed E-state index contributed by atoms with van der Waals surface area (Å²) in [6.07, 6.45) is 0.0329. The van der Waals surface area contributed by atoms with Gasteiger partial charge in [-0.25, -0.2) is 0 Å². The number of nitrogens with zero attached hydrogens (tertiary/aromatic N) is 1. The second kappa shape index (κ2) is 7.30. The topological polar surface area (TPSA) is 66.5 Å². The lowest BCUT2D eigenvalue weighted by Crippen LogP contribution is -2.32. The molecule has 0 saturated heterocycles. The Morgan fingerprint density at radius 1 is 1.04 bits per heavy atom. The van der Waals surface area contributed by atoms with Gasteiger partial charge in [0.1, 0.15) is 0 Å². The van der Waals surface area contributed by atoms with Crippen molar-refractivity contribution in [1.82, 2.24) is 4.90 Å². The Balaban J connectivity index is 1.60. The zero-order valence-electron chi connectivity index (χ0n) is 14.6. The molecular formula is C20H19ClN2O3. The first-order valence-electron chi connectivity index (χ1n) is 8.42. The van der Waals surface area contributed by atoms with Crippen LogP contribution in [0.5, 0.6) is 0 Å². The van der Waals surface area contributed by atoms with Gasteiger partial charge in [-0.15, -0.1) is 0 Å². The Morgan fingerprint density at radius 3 is 2.35 bits per heavy atom. The summed E-state index contributed by atoms with van der Waals surface area (Å²) in [5.74, 6) is -0.642. The molecule has 0 atom stereocenters. The van der Waals surface area contributed by atoms with Crippen LogP contribution in [0.25, 0.3) is 0 Å². The van der Waals surface area contributed by atoms with E-state index < -0.39 is 11.8 Å². The molecule has 1 aliphatic heterocycles. The predicted molar refractivity (Wildman–Crippen MR) is 101 cm³/mol. The molecule has 0 radical (unpaired) electrons. The first-order chi connectivity index (χ1) is 12.4. The fourth-order valence-electron chi connectivity index (χ4n) is 2.85. The maximum absolute atomic E-state index is 12.3. The quantitative estimate of drug-likeness (QED) is 0.806. The number of hydrogen-bond acceptors (Lipinski definition) is 3. The van der Waals surface area contributed by atoms with Gasteiger partial charge >= 0.3 is 0 Å². The number of rotatable bonds is 5. The Kier molecular flexibility index (Phi) is 5.09. The molecule has 26 heavy (non-hydrogen) atoms. The van der Waals surface area contributed by atoms with Crippen LogP contribution < -0.4 is 5.32 Å². The Hall–Kier alpha value is -2.66. The summed E-state index contributed by atoms with van der Waals surface area (Å²) < 4.78 is 0.